The Morgan fingerprint density at radius 1 is 0.958 bits per heavy atom. The molecule has 130 valence electrons. The number of anilines is 1. The van der Waals surface area contributed by atoms with Crippen LogP contribution in [0.5, 0.6) is 0 Å². The molecule has 0 spiro atoms. The third-order valence-corrected chi connectivity index (χ3v) is 6.12. The fourth-order valence-corrected chi connectivity index (χ4v) is 4.19. The van der Waals surface area contributed by atoms with E-state index >= 15 is 0 Å². The number of sulfone groups is 2. The van der Waals surface area contributed by atoms with Gasteiger partial charge in [0.15, 0.2) is 19.7 Å². The number of halogens is 1. The average molecular weight is 388 g/mol. The predicted molar refractivity (Wildman–Crippen MR) is 96.2 cm³/mol. The highest BCUT2D eigenvalue weighted by Gasteiger charge is 2.19. The van der Waals surface area contributed by atoms with Crippen molar-refractivity contribution in [1.82, 2.24) is 0 Å². The molecule has 2 aromatic carbocycles. The van der Waals surface area contributed by atoms with Crippen LogP contribution < -0.4 is 5.32 Å². The van der Waals surface area contributed by atoms with Crippen LogP contribution >= 0.6 is 11.6 Å². The van der Waals surface area contributed by atoms with Gasteiger partial charge in [-0.25, -0.2) is 16.8 Å². The molecule has 0 amide bonds. The van der Waals surface area contributed by atoms with Crippen molar-refractivity contribution in [3.63, 3.8) is 0 Å². The van der Waals surface area contributed by atoms with E-state index in [-0.39, 0.29) is 15.8 Å². The van der Waals surface area contributed by atoms with Gasteiger partial charge in [0.2, 0.25) is 0 Å². The summed E-state index contributed by atoms with van der Waals surface area (Å²) < 4.78 is 47.5. The molecular weight excluding hydrogens is 370 g/mol. The Kier molecular flexibility index (Phi) is 5.27. The van der Waals surface area contributed by atoms with Crippen LogP contribution in [0, 0.1) is 0 Å². The first-order valence-electron chi connectivity index (χ1n) is 7.05. The summed E-state index contributed by atoms with van der Waals surface area (Å²) in [7, 11) is -7.12. The van der Waals surface area contributed by atoms with Crippen molar-refractivity contribution in [2.75, 3.05) is 17.8 Å². The second kappa shape index (κ2) is 6.74. The lowest BCUT2D eigenvalue weighted by molar-refractivity contribution is 0.600. The highest BCUT2D eigenvalue weighted by Crippen LogP contribution is 2.30. The Morgan fingerprint density at radius 2 is 1.58 bits per heavy atom. The molecule has 0 aliphatic rings. The number of hydrogen-bond acceptors (Lipinski definition) is 5. The van der Waals surface area contributed by atoms with E-state index in [2.05, 4.69) is 5.32 Å². The molecule has 5 nitrogen and oxygen atoms in total. The lowest BCUT2D eigenvalue weighted by Crippen LogP contribution is -2.12. The SMILES string of the molecule is CC(Nc1ccc(S(C)(=O)=O)cc1S(C)(=O)=O)c1ccccc1Cl. The third-order valence-electron chi connectivity index (χ3n) is 3.52. The summed E-state index contributed by atoms with van der Waals surface area (Å²) in [4.78, 5) is -0.108. The fraction of sp³-hybridized carbons (Fsp3) is 0.250. The predicted octanol–water partition coefficient (Wildman–Crippen LogP) is 3.32. The van der Waals surface area contributed by atoms with Crippen LogP contribution in [0.1, 0.15) is 18.5 Å². The van der Waals surface area contributed by atoms with Gasteiger partial charge in [-0.3, -0.25) is 0 Å². The van der Waals surface area contributed by atoms with E-state index in [1.165, 1.54) is 18.2 Å². The van der Waals surface area contributed by atoms with Gasteiger partial charge in [0.25, 0.3) is 0 Å². The molecule has 24 heavy (non-hydrogen) atoms. The second-order valence-corrected chi connectivity index (χ2v) is 10.00. The van der Waals surface area contributed by atoms with E-state index in [4.69, 9.17) is 11.6 Å². The van der Waals surface area contributed by atoms with Gasteiger partial charge in [0, 0.05) is 17.5 Å². The maximum Gasteiger partial charge on any atom is 0.177 e. The van der Waals surface area contributed by atoms with Crippen LogP contribution in [0.4, 0.5) is 5.69 Å². The van der Waals surface area contributed by atoms with E-state index in [1.807, 2.05) is 19.1 Å². The van der Waals surface area contributed by atoms with Crippen molar-refractivity contribution in [2.24, 2.45) is 0 Å². The van der Waals surface area contributed by atoms with E-state index in [0.717, 1.165) is 18.1 Å². The molecule has 0 aliphatic carbocycles. The lowest BCUT2D eigenvalue weighted by Gasteiger charge is -2.19. The van der Waals surface area contributed by atoms with Crippen molar-refractivity contribution < 1.29 is 16.8 Å². The number of benzene rings is 2. The van der Waals surface area contributed by atoms with Gasteiger partial charge >= 0.3 is 0 Å². The van der Waals surface area contributed by atoms with Crippen LogP contribution in [0.25, 0.3) is 0 Å². The fourth-order valence-electron chi connectivity index (χ4n) is 2.30. The monoisotopic (exact) mass is 387 g/mol. The first-order chi connectivity index (χ1) is 11.0. The largest absolute Gasteiger partial charge is 0.377 e. The Labute approximate surface area is 147 Å². The van der Waals surface area contributed by atoms with Gasteiger partial charge in [-0.15, -0.1) is 0 Å². The summed E-state index contributed by atoms with van der Waals surface area (Å²) >= 11 is 6.16. The minimum Gasteiger partial charge on any atom is -0.377 e. The van der Waals surface area contributed by atoms with Crippen LogP contribution in [-0.4, -0.2) is 29.3 Å². The summed E-state index contributed by atoms with van der Waals surface area (Å²) in [6.07, 6.45) is 2.08. The zero-order valence-electron chi connectivity index (χ0n) is 13.4. The molecule has 0 aliphatic heterocycles. The summed E-state index contributed by atoms with van der Waals surface area (Å²) in [5.74, 6) is 0. The number of nitrogens with one attached hydrogen (secondary N) is 1. The molecule has 0 saturated heterocycles. The topological polar surface area (TPSA) is 80.3 Å². The molecule has 0 radical (unpaired) electrons. The molecule has 2 aromatic rings. The molecule has 1 N–H and O–H groups in total. The van der Waals surface area contributed by atoms with Crippen molar-refractivity contribution >= 4 is 37.0 Å². The number of rotatable bonds is 5. The molecule has 0 heterocycles. The third kappa shape index (κ3) is 4.28. The van der Waals surface area contributed by atoms with Crippen LogP contribution in [0.3, 0.4) is 0 Å². The maximum absolute atomic E-state index is 12.1. The highest BCUT2D eigenvalue weighted by molar-refractivity contribution is 7.91. The van der Waals surface area contributed by atoms with Gasteiger partial charge in [0.05, 0.1) is 21.5 Å². The maximum atomic E-state index is 12.1. The second-order valence-electron chi connectivity index (χ2n) is 5.59. The van der Waals surface area contributed by atoms with Gasteiger partial charge in [-0.05, 0) is 36.8 Å². The molecular formula is C16H18ClNO4S2. The molecule has 2 rings (SSSR count). The summed E-state index contributed by atoms with van der Waals surface area (Å²) in [5.41, 5.74) is 1.14. The van der Waals surface area contributed by atoms with Crippen molar-refractivity contribution in [2.45, 2.75) is 22.8 Å². The lowest BCUT2D eigenvalue weighted by atomic mass is 10.1. The standard InChI is InChI=1S/C16H18ClNO4S2/c1-11(13-6-4-5-7-14(13)17)18-15-9-8-12(23(2,19)20)10-16(15)24(3,21)22/h4-11,18H,1-3H3. The Balaban J connectivity index is 2.49. The smallest absolute Gasteiger partial charge is 0.177 e. The van der Waals surface area contributed by atoms with Gasteiger partial charge in [-0.1, -0.05) is 29.8 Å². The first-order valence-corrected chi connectivity index (χ1v) is 11.2. The van der Waals surface area contributed by atoms with Gasteiger partial charge in [0.1, 0.15) is 0 Å². The summed E-state index contributed by atoms with van der Waals surface area (Å²) in [6.45, 7) is 1.84. The molecule has 0 bridgehead atoms. The number of hydrogen-bond donors (Lipinski definition) is 1. The normalized spacial score (nSPS) is 13.5. The van der Waals surface area contributed by atoms with Crippen molar-refractivity contribution in [3.8, 4) is 0 Å². The Hall–Kier alpha value is -1.57. The molecule has 1 atom stereocenters. The zero-order valence-corrected chi connectivity index (χ0v) is 15.8. The van der Waals surface area contributed by atoms with E-state index in [1.54, 1.807) is 12.1 Å². The van der Waals surface area contributed by atoms with E-state index < -0.39 is 19.7 Å². The van der Waals surface area contributed by atoms with Crippen LogP contribution in [0.2, 0.25) is 5.02 Å². The zero-order chi connectivity index (χ0) is 18.1. The first kappa shape index (κ1) is 18.8. The van der Waals surface area contributed by atoms with Crippen LogP contribution in [-0.2, 0) is 19.7 Å². The quantitative estimate of drug-likeness (QED) is 0.851. The minimum absolute atomic E-state index is 0.0427. The molecule has 0 saturated carbocycles. The minimum atomic E-state index is -3.61. The Morgan fingerprint density at radius 3 is 2.12 bits per heavy atom. The van der Waals surface area contributed by atoms with E-state index in [9.17, 15) is 16.8 Å². The van der Waals surface area contributed by atoms with Gasteiger partial charge in [-0.2, -0.15) is 0 Å². The molecule has 8 heteroatoms. The van der Waals surface area contributed by atoms with Crippen molar-refractivity contribution in [1.29, 1.82) is 0 Å². The Bertz CT molecular complexity index is 969. The summed E-state index contributed by atoms with van der Waals surface area (Å²) in [5, 5.41) is 3.66. The molecule has 0 fully saturated rings. The van der Waals surface area contributed by atoms with E-state index in [0.29, 0.717) is 10.7 Å². The molecule has 1 unspecified atom stereocenters. The highest BCUT2D eigenvalue weighted by atomic mass is 35.5. The van der Waals surface area contributed by atoms with Gasteiger partial charge < -0.3 is 5.32 Å². The summed E-state index contributed by atoms with van der Waals surface area (Å²) in [6, 6.07) is 11.0. The van der Waals surface area contributed by atoms with Crippen molar-refractivity contribution in [3.05, 3.63) is 53.1 Å². The molecule has 0 aromatic heterocycles. The van der Waals surface area contributed by atoms with Crippen LogP contribution in [0.15, 0.2) is 52.3 Å². The average Bonchev–Trinajstić information content (AvgIpc) is 2.45.